The molecule has 1 aliphatic rings. The number of nitrogens with zero attached hydrogens (tertiary/aromatic N) is 3. The number of carbonyl (C=O) groups is 1. The predicted octanol–water partition coefficient (Wildman–Crippen LogP) is 2.00. The van der Waals surface area contributed by atoms with Crippen LogP contribution in [0.2, 0.25) is 0 Å². The number of carbonyl (C=O) groups excluding carboxylic acids is 1. The molecule has 0 aliphatic carbocycles. The fourth-order valence-electron chi connectivity index (χ4n) is 3.12. The molecule has 1 aliphatic heterocycles. The molecule has 1 atom stereocenters. The van der Waals surface area contributed by atoms with Gasteiger partial charge in [-0.15, -0.1) is 0 Å². The van der Waals surface area contributed by atoms with Crippen molar-refractivity contribution in [1.82, 2.24) is 4.57 Å². The van der Waals surface area contributed by atoms with E-state index in [1.807, 2.05) is 0 Å². The Morgan fingerprint density at radius 1 is 1.43 bits per heavy atom. The Bertz CT molecular complexity index is 1340. The number of thiazole rings is 1. The number of esters is 1. The average molecular weight is 429 g/mol. The van der Waals surface area contributed by atoms with E-state index < -0.39 is 28.4 Å². The molecular weight excluding hydrogens is 414 g/mol. The average Bonchev–Trinajstić information content (AvgIpc) is 3.43. The standard InChI is InChI=1S/C19H15N3O7S/c1-3-27-18(24)15-10(2)21-17(23)13(9-11-6-7-14(29-11)22(25)26)30-19(21)20-16(15)12-5-4-8-28-12/h4-9,16H,3H2,1-2H3/b13-9+/t16-/m1/s1. The summed E-state index contributed by atoms with van der Waals surface area (Å²) in [6.07, 6.45) is 2.88. The third kappa shape index (κ3) is 3.28. The normalized spacial score (nSPS) is 16.3. The Hall–Kier alpha value is -3.73. The molecule has 30 heavy (non-hydrogen) atoms. The monoisotopic (exact) mass is 429 g/mol. The molecule has 10 nitrogen and oxygen atoms in total. The summed E-state index contributed by atoms with van der Waals surface area (Å²) in [7, 11) is 0. The molecule has 3 aromatic rings. The molecule has 0 radical (unpaired) electrons. The smallest absolute Gasteiger partial charge is 0.433 e. The highest BCUT2D eigenvalue weighted by atomic mass is 32.1. The van der Waals surface area contributed by atoms with E-state index in [0.29, 0.717) is 16.3 Å². The van der Waals surface area contributed by atoms with E-state index in [0.717, 1.165) is 11.3 Å². The van der Waals surface area contributed by atoms with Gasteiger partial charge >= 0.3 is 11.9 Å². The summed E-state index contributed by atoms with van der Waals surface area (Å²) in [5.74, 6) is -0.411. The van der Waals surface area contributed by atoms with Crippen LogP contribution < -0.4 is 14.9 Å². The molecule has 4 heterocycles. The molecule has 0 unspecified atom stereocenters. The molecule has 0 spiro atoms. The van der Waals surface area contributed by atoms with Crippen molar-refractivity contribution in [3.8, 4) is 0 Å². The second kappa shape index (κ2) is 7.59. The van der Waals surface area contributed by atoms with Crippen LogP contribution in [0, 0.1) is 10.1 Å². The summed E-state index contributed by atoms with van der Waals surface area (Å²) in [5.41, 5.74) is 0.167. The van der Waals surface area contributed by atoms with Gasteiger partial charge in [0.2, 0.25) is 0 Å². The Morgan fingerprint density at radius 3 is 2.87 bits per heavy atom. The Labute approximate surface area is 172 Å². The van der Waals surface area contributed by atoms with Crippen molar-refractivity contribution in [2.75, 3.05) is 6.61 Å². The first-order valence-electron chi connectivity index (χ1n) is 8.88. The van der Waals surface area contributed by atoms with E-state index in [1.54, 1.807) is 26.0 Å². The van der Waals surface area contributed by atoms with Crippen LogP contribution in [0.4, 0.5) is 5.88 Å². The van der Waals surface area contributed by atoms with E-state index in [9.17, 15) is 19.7 Å². The Balaban J connectivity index is 1.91. The first-order chi connectivity index (χ1) is 14.4. The number of rotatable bonds is 5. The first kappa shape index (κ1) is 19.6. The summed E-state index contributed by atoms with van der Waals surface area (Å²) < 4.78 is 17.3. The van der Waals surface area contributed by atoms with Crippen molar-refractivity contribution in [1.29, 1.82) is 0 Å². The molecule has 4 rings (SSSR count). The minimum Gasteiger partial charge on any atom is -0.467 e. The predicted molar refractivity (Wildman–Crippen MR) is 105 cm³/mol. The molecular formula is C19H15N3O7S. The van der Waals surface area contributed by atoms with Gasteiger partial charge in [-0.3, -0.25) is 19.5 Å². The van der Waals surface area contributed by atoms with E-state index in [4.69, 9.17) is 13.6 Å². The zero-order chi connectivity index (χ0) is 21.4. The molecule has 11 heteroatoms. The van der Waals surface area contributed by atoms with Gasteiger partial charge in [0.15, 0.2) is 4.80 Å². The number of fused-ring (bicyclic) bond motifs is 1. The summed E-state index contributed by atoms with van der Waals surface area (Å²) in [6, 6.07) is 5.23. The second-order valence-electron chi connectivity index (χ2n) is 6.23. The van der Waals surface area contributed by atoms with Gasteiger partial charge in [0.05, 0.1) is 24.5 Å². The quantitative estimate of drug-likeness (QED) is 0.344. The maximum Gasteiger partial charge on any atom is 0.433 e. The van der Waals surface area contributed by atoms with Crippen LogP contribution in [-0.2, 0) is 9.53 Å². The van der Waals surface area contributed by atoms with Crippen molar-refractivity contribution >= 4 is 35.0 Å². The number of hydrogen-bond donors (Lipinski definition) is 0. The van der Waals surface area contributed by atoms with Gasteiger partial charge in [0, 0.05) is 11.8 Å². The summed E-state index contributed by atoms with van der Waals surface area (Å²) >= 11 is 1.08. The largest absolute Gasteiger partial charge is 0.467 e. The molecule has 0 bridgehead atoms. The van der Waals surface area contributed by atoms with Crippen molar-refractivity contribution in [3.05, 3.63) is 77.4 Å². The van der Waals surface area contributed by atoms with Crippen molar-refractivity contribution in [3.63, 3.8) is 0 Å². The molecule has 154 valence electrons. The number of hydrogen-bond acceptors (Lipinski definition) is 9. The maximum atomic E-state index is 13.0. The molecule has 0 aromatic carbocycles. The first-order valence-corrected chi connectivity index (χ1v) is 9.69. The highest BCUT2D eigenvalue weighted by Crippen LogP contribution is 2.32. The molecule has 0 saturated heterocycles. The highest BCUT2D eigenvalue weighted by Gasteiger charge is 2.32. The highest BCUT2D eigenvalue weighted by molar-refractivity contribution is 7.07. The van der Waals surface area contributed by atoms with Gasteiger partial charge in [-0.05, 0) is 32.0 Å². The fourth-order valence-corrected chi connectivity index (χ4v) is 4.14. The third-order valence-corrected chi connectivity index (χ3v) is 5.40. The van der Waals surface area contributed by atoms with Crippen LogP contribution in [0.15, 0.2) is 54.7 Å². The van der Waals surface area contributed by atoms with E-state index >= 15 is 0 Å². The van der Waals surface area contributed by atoms with Crippen molar-refractivity contribution < 1.29 is 23.3 Å². The number of allylic oxidation sites excluding steroid dienone is 1. The van der Waals surface area contributed by atoms with Crippen LogP contribution in [-0.4, -0.2) is 22.1 Å². The molecule has 0 fully saturated rings. The molecule has 0 amide bonds. The zero-order valence-corrected chi connectivity index (χ0v) is 16.7. The number of ether oxygens (including phenoxy) is 1. The fraction of sp³-hybridized carbons (Fsp3) is 0.211. The van der Waals surface area contributed by atoms with Gasteiger partial charge in [-0.2, -0.15) is 0 Å². The molecule has 3 aromatic heterocycles. The lowest BCUT2D eigenvalue weighted by Gasteiger charge is -2.20. The number of furan rings is 2. The van der Waals surface area contributed by atoms with Gasteiger partial charge in [0.1, 0.15) is 27.0 Å². The van der Waals surface area contributed by atoms with Gasteiger partial charge in [-0.25, -0.2) is 9.79 Å². The maximum absolute atomic E-state index is 13.0. The molecule has 0 N–H and O–H groups in total. The minimum atomic E-state index is -0.755. The lowest BCUT2D eigenvalue weighted by atomic mass is 10.0. The van der Waals surface area contributed by atoms with Crippen molar-refractivity contribution in [2.45, 2.75) is 19.9 Å². The van der Waals surface area contributed by atoms with E-state index in [-0.39, 0.29) is 22.5 Å². The summed E-state index contributed by atoms with van der Waals surface area (Å²) in [5, 5.41) is 10.8. The lowest BCUT2D eigenvalue weighted by molar-refractivity contribution is -0.402. The van der Waals surface area contributed by atoms with Crippen LogP contribution in [0.3, 0.4) is 0 Å². The topological polar surface area (TPSA) is 130 Å². The van der Waals surface area contributed by atoms with Gasteiger partial charge in [-0.1, -0.05) is 11.3 Å². The Morgan fingerprint density at radius 2 is 2.23 bits per heavy atom. The summed E-state index contributed by atoms with van der Waals surface area (Å²) in [6.45, 7) is 3.49. The van der Waals surface area contributed by atoms with E-state index in [2.05, 4.69) is 4.99 Å². The SMILES string of the molecule is CCOC(=O)C1=C(C)n2c(s/c(=C/c3ccc([N+](=O)[O-])o3)c2=O)=N[C@@H]1c1ccco1. The van der Waals surface area contributed by atoms with Crippen LogP contribution in [0.5, 0.6) is 0 Å². The minimum absolute atomic E-state index is 0.160. The zero-order valence-electron chi connectivity index (χ0n) is 15.9. The van der Waals surface area contributed by atoms with Crippen LogP contribution in [0.1, 0.15) is 31.4 Å². The summed E-state index contributed by atoms with van der Waals surface area (Å²) in [4.78, 5) is 40.7. The third-order valence-electron chi connectivity index (χ3n) is 4.42. The molecule has 0 saturated carbocycles. The number of nitro groups is 1. The van der Waals surface area contributed by atoms with Gasteiger partial charge in [0.25, 0.3) is 5.56 Å². The second-order valence-corrected chi connectivity index (χ2v) is 7.24. The lowest BCUT2D eigenvalue weighted by Crippen LogP contribution is -2.35. The van der Waals surface area contributed by atoms with E-state index in [1.165, 1.54) is 29.0 Å². The van der Waals surface area contributed by atoms with Gasteiger partial charge < -0.3 is 13.6 Å². The van der Waals surface area contributed by atoms with Crippen LogP contribution >= 0.6 is 11.3 Å². The van der Waals surface area contributed by atoms with Crippen molar-refractivity contribution in [2.24, 2.45) is 4.99 Å². The Kier molecular flexibility index (Phi) is 4.96. The number of aromatic nitrogens is 1. The van der Waals surface area contributed by atoms with Crippen LogP contribution in [0.25, 0.3) is 11.8 Å².